The number of thioether (sulfide) groups is 1. The maximum atomic E-state index is 13.9. The molecule has 1 saturated heterocycles. The van der Waals surface area contributed by atoms with Crippen molar-refractivity contribution < 1.29 is 19.1 Å². The molecule has 10 heteroatoms. The average molecular weight is 571 g/mol. The van der Waals surface area contributed by atoms with Gasteiger partial charge in [0.05, 0.1) is 23.2 Å². The number of thiazole rings is 1. The van der Waals surface area contributed by atoms with E-state index in [4.69, 9.17) is 16.3 Å². The van der Waals surface area contributed by atoms with Gasteiger partial charge in [0.1, 0.15) is 11.8 Å². The number of aromatic nitrogens is 1. The number of anilines is 1. The topological polar surface area (TPSA) is 85.7 Å². The van der Waals surface area contributed by atoms with Crippen LogP contribution in [0.3, 0.4) is 0 Å². The van der Waals surface area contributed by atoms with Crippen LogP contribution in [0.2, 0.25) is 5.02 Å². The number of halogens is 1. The Morgan fingerprint density at radius 2 is 1.66 bits per heavy atom. The SMILES string of the molecule is CCOC(=O)Cn1c2c(sc1=O)[C@H](c1ccc(C(C)(C)C)cc1)C1C(=O)N(c3ccc(Cl)cc3)C(=O)C1S2. The molecule has 3 heterocycles. The number of benzene rings is 2. The number of carbonyl (C=O) groups is 3. The van der Waals surface area contributed by atoms with Crippen molar-refractivity contribution in [3.8, 4) is 0 Å². The van der Waals surface area contributed by atoms with Gasteiger partial charge in [-0.1, -0.05) is 79.7 Å². The van der Waals surface area contributed by atoms with Gasteiger partial charge >= 0.3 is 10.8 Å². The second-order valence-corrected chi connectivity index (χ2v) is 12.9. The van der Waals surface area contributed by atoms with Crippen LogP contribution in [0.15, 0.2) is 58.4 Å². The molecule has 7 nitrogen and oxygen atoms in total. The van der Waals surface area contributed by atoms with Gasteiger partial charge in [-0.25, -0.2) is 4.90 Å². The van der Waals surface area contributed by atoms with E-state index in [1.807, 2.05) is 24.3 Å². The summed E-state index contributed by atoms with van der Waals surface area (Å²) in [5.41, 5.74) is 2.37. The molecule has 0 bridgehead atoms. The molecule has 2 aliphatic rings. The fourth-order valence-corrected chi connectivity index (χ4v) is 7.88. The van der Waals surface area contributed by atoms with Crippen LogP contribution in [0.5, 0.6) is 0 Å². The van der Waals surface area contributed by atoms with E-state index in [1.54, 1.807) is 31.2 Å². The highest BCUT2D eigenvalue weighted by Crippen LogP contribution is 2.54. The third-order valence-corrected chi connectivity index (χ3v) is 9.72. The molecular formula is C28H27ClN2O5S2. The van der Waals surface area contributed by atoms with Gasteiger partial charge in [0.2, 0.25) is 11.8 Å². The molecule has 2 aliphatic heterocycles. The molecule has 1 fully saturated rings. The predicted molar refractivity (Wildman–Crippen MR) is 149 cm³/mol. The molecule has 2 amide bonds. The molecule has 3 aromatic rings. The van der Waals surface area contributed by atoms with E-state index in [1.165, 1.54) is 21.2 Å². The predicted octanol–water partition coefficient (Wildman–Crippen LogP) is 5.22. The quantitative estimate of drug-likeness (QED) is 0.309. The molecule has 0 spiro atoms. The number of hydrogen-bond donors (Lipinski definition) is 0. The molecule has 2 aromatic carbocycles. The number of esters is 1. The van der Waals surface area contributed by atoms with Crippen molar-refractivity contribution in [1.82, 2.24) is 4.57 Å². The van der Waals surface area contributed by atoms with Gasteiger partial charge in [0.25, 0.3) is 0 Å². The van der Waals surface area contributed by atoms with Crippen LogP contribution in [0.1, 0.15) is 49.6 Å². The van der Waals surface area contributed by atoms with Crippen molar-refractivity contribution in [3.05, 3.63) is 79.2 Å². The van der Waals surface area contributed by atoms with Crippen LogP contribution in [-0.4, -0.2) is 34.2 Å². The third-order valence-electron chi connectivity index (χ3n) is 6.86. The number of nitrogens with zero attached hydrogens (tertiary/aromatic N) is 2. The number of carbonyl (C=O) groups excluding carboxylic acids is 3. The second-order valence-electron chi connectivity index (χ2n) is 10.3. The summed E-state index contributed by atoms with van der Waals surface area (Å²) < 4.78 is 6.46. The highest BCUT2D eigenvalue weighted by Gasteiger charge is 2.56. The minimum atomic E-state index is -0.750. The number of amides is 2. The molecular weight excluding hydrogens is 544 g/mol. The van der Waals surface area contributed by atoms with Crippen LogP contribution in [0.4, 0.5) is 5.69 Å². The van der Waals surface area contributed by atoms with Crippen LogP contribution in [0.25, 0.3) is 0 Å². The summed E-state index contributed by atoms with van der Waals surface area (Å²) in [4.78, 5) is 54.6. The van der Waals surface area contributed by atoms with E-state index in [-0.39, 0.29) is 35.3 Å². The molecule has 0 radical (unpaired) electrons. The number of rotatable bonds is 5. The standard InChI is InChI=1S/C28H27ClN2O5S2/c1-5-36-19(32)14-30-26-23(38-27(30)35)20(15-6-8-16(9-7-15)28(2,3)4)21-22(37-26)25(34)31(24(21)33)18-12-10-17(29)11-13-18/h6-13,20-22H,5,14H2,1-4H3/t20-,21?,22?/m1/s1. The molecule has 198 valence electrons. The van der Waals surface area contributed by atoms with Crippen molar-refractivity contribution in [1.29, 1.82) is 0 Å². The summed E-state index contributed by atoms with van der Waals surface area (Å²) in [7, 11) is 0. The van der Waals surface area contributed by atoms with Crippen LogP contribution < -0.4 is 9.77 Å². The first-order valence-corrected chi connectivity index (χ1v) is 14.4. The maximum Gasteiger partial charge on any atom is 0.326 e. The van der Waals surface area contributed by atoms with Crippen molar-refractivity contribution in [2.24, 2.45) is 5.92 Å². The monoisotopic (exact) mass is 570 g/mol. The van der Waals surface area contributed by atoms with Gasteiger partial charge < -0.3 is 4.74 Å². The number of hydrogen-bond acceptors (Lipinski definition) is 7. The van der Waals surface area contributed by atoms with Crippen molar-refractivity contribution in [3.63, 3.8) is 0 Å². The number of fused-ring (bicyclic) bond motifs is 2. The molecule has 38 heavy (non-hydrogen) atoms. The number of imide groups is 1. The molecule has 0 N–H and O–H groups in total. The Morgan fingerprint density at radius 1 is 1.00 bits per heavy atom. The summed E-state index contributed by atoms with van der Waals surface area (Å²) in [6.07, 6.45) is 0. The Balaban J connectivity index is 1.64. The number of ether oxygens (including phenoxy) is 1. The molecule has 1 aromatic heterocycles. The lowest BCUT2D eigenvalue weighted by Gasteiger charge is -2.31. The molecule has 3 atom stereocenters. The highest BCUT2D eigenvalue weighted by molar-refractivity contribution is 8.00. The smallest absolute Gasteiger partial charge is 0.326 e. The molecule has 0 saturated carbocycles. The summed E-state index contributed by atoms with van der Waals surface area (Å²) in [6, 6.07) is 14.6. The zero-order valence-corrected chi connectivity index (χ0v) is 23.8. The van der Waals surface area contributed by atoms with Gasteiger partial charge in [0.15, 0.2) is 0 Å². The lowest BCUT2D eigenvalue weighted by molar-refractivity contribution is -0.144. The Kier molecular flexibility index (Phi) is 7.04. The van der Waals surface area contributed by atoms with E-state index in [9.17, 15) is 19.2 Å². The first-order chi connectivity index (χ1) is 18.0. The molecule has 0 aliphatic carbocycles. The lowest BCUT2D eigenvalue weighted by Crippen LogP contribution is -2.32. The molecule has 2 unspecified atom stereocenters. The summed E-state index contributed by atoms with van der Waals surface area (Å²) in [5.74, 6) is -2.41. The van der Waals surface area contributed by atoms with Gasteiger partial charge in [-0.05, 0) is 47.7 Å². The Morgan fingerprint density at radius 3 is 2.26 bits per heavy atom. The zero-order chi connectivity index (χ0) is 27.4. The van der Waals surface area contributed by atoms with Crippen LogP contribution >= 0.6 is 34.7 Å². The largest absolute Gasteiger partial charge is 0.465 e. The van der Waals surface area contributed by atoms with Gasteiger partial charge in [-0.15, -0.1) is 0 Å². The van der Waals surface area contributed by atoms with Crippen molar-refractivity contribution in [2.75, 3.05) is 11.5 Å². The Hall–Kier alpha value is -2.88. The summed E-state index contributed by atoms with van der Waals surface area (Å²) in [6.45, 7) is 8.02. The fraction of sp³-hybridized carbons (Fsp3) is 0.357. The third kappa shape index (κ3) is 4.61. The fourth-order valence-electron chi connectivity index (χ4n) is 4.99. The van der Waals surface area contributed by atoms with Gasteiger partial charge in [-0.3, -0.25) is 23.7 Å². The lowest BCUT2D eigenvalue weighted by atomic mass is 9.81. The normalized spacial score (nSPS) is 20.9. The van der Waals surface area contributed by atoms with E-state index in [2.05, 4.69) is 20.8 Å². The summed E-state index contributed by atoms with van der Waals surface area (Å²) in [5, 5.41) is 0.292. The van der Waals surface area contributed by atoms with Gasteiger partial charge in [-0.2, -0.15) is 0 Å². The van der Waals surface area contributed by atoms with E-state index >= 15 is 0 Å². The van der Waals surface area contributed by atoms with Crippen LogP contribution in [-0.2, 0) is 31.1 Å². The van der Waals surface area contributed by atoms with Crippen molar-refractivity contribution >= 4 is 58.2 Å². The zero-order valence-electron chi connectivity index (χ0n) is 21.4. The Bertz CT molecular complexity index is 1470. The van der Waals surface area contributed by atoms with E-state index < -0.39 is 23.1 Å². The molecule has 5 rings (SSSR count). The minimum Gasteiger partial charge on any atom is -0.465 e. The average Bonchev–Trinajstić information content (AvgIpc) is 3.30. The minimum absolute atomic E-state index is 0.0626. The maximum absolute atomic E-state index is 13.9. The van der Waals surface area contributed by atoms with E-state index in [0.717, 1.165) is 22.5 Å². The highest BCUT2D eigenvalue weighted by atomic mass is 35.5. The summed E-state index contributed by atoms with van der Waals surface area (Å²) >= 11 is 8.24. The van der Waals surface area contributed by atoms with Gasteiger partial charge in [0, 0.05) is 15.8 Å². The first-order valence-electron chi connectivity index (χ1n) is 12.3. The van der Waals surface area contributed by atoms with Crippen LogP contribution in [0, 0.1) is 5.92 Å². The Labute approximate surface area is 233 Å². The van der Waals surface area contributed by atoms with Crippen molar-refractivity contribution in [2.45, 2.75) is 55.8 Å². The first kappa shape index (κ1) is 26.7. The van der Waals surface area contributed by atoms with E-state index in [0.29, 0.717) is 20.6 Å². The second kappa shape index (κ2) is 10.0.